The molecule has 0 spiro atoms. The number of nitrogens with one attached hydrogen (secondary N) is 2. The van der Waals surface area contributed by atoms with Crippen LogP contribution in [0.5, 0.6) is 0 Å². The van der Waals surface area contributed by atoms with Crippen LogP contribution in [0.1, 0.15) is 50.3 Å². The molecule has 3 heterocycles. The highest BCUT2D eigenvalue weighted by Gasteiger charge is 2.26. The molecule has 3 aromatic heterocycles. The van der Waals surface area contributed by atoms with Gasteiger partial charge >= 0.3 is 0 Å². The van der Waals surface area contributed by atoms with E-state index in [-0.39, 0.29) is 18.4 Å². The molecule has 0 bridgehead atoms. The molecule has 0 radical (unpaired) electrons. The molecule has 0 aliphatic carbocycles. The summed E-state index contributed by atoms with van der Waals surface area (Å²) in [6.07, 6.45) is 4.72. The van der Waals surface area contributed by atoms with Crippen molar-refractivity contribution in [1.29, 1.82) is 0 Å². The molecule has 1 amide bonds. The highest BCUT2D eigenvalue weighted by Crippen LogP contribution is 2.29. The number of hydrogen-bond donors (Lipinski definition) is 2. The van der Waals surface area contributed by atoms with Crippen LogP contribution in [0.25, 0.3) is 0 Å². The lowest BCUT2D eigenvalue weighted by Gasteiger charge is -2.25. The highest BCUT2D eigenvalue weighted by molar-refractivity contribution is 7.13. The van der Waals surface area contributed by atoms with Gasteiger partial charge < -0.3 is 15.0 Å². The number of nitrogens with zero attached hydrogens (tertiary/aromatic N) is 2. The van der Waals surface area contributed by atoms with Crippen LogP contribution in [-0.4, -0.2) is 27.0 Å². The maximum absolute atomic E-state index is 12.4. The summed E-state index contributed by atoms with van der Waals surface area (Å²) in [6, 6.07) is 7.93. The van der Waals surface area contributed by atoms with Crippen molar-refractivity contribution < 1.29 is 9.53 Å². The van der Waals surface area contributed by atoms with E-state index in [2.05, 4.69) is 20.3 Å². The normalized spacial score (nSPS) is 11.8. The summed E-state index contributed by atoms with van der Waals surface area (Å²) >= 11 is 1.41. The molecule has 3 aromatic rings. The first-order chi connectivity index (χ1) is 13.3. The van der Waals surface area contributed by atoms with Crippen LogP contribution in [0.3, 0.4) is 0 Å². The first kappa shape index (κ1) is 20.2. The first-order valence-corrected chi connectivity index (χ1v) is 10.2. The molecule has 148 valence electrons. The smallest absolute Gasteiger partial charge is 0.232 e. The SMILES string of the molecule is CC(C)OC(C)(C)c1csc(NC(=O)Cc2ccc(Cc3ccncc3)[nH]2)n1. The predicted octanol–water partition coefficient (Wildman–Crippen LogP) is 4.30. The summed E-state index contributed by atoms with van der Waals surface area (Å²) in [5.74, 6) is -0.0965. The molecule has 0 aliphatic rings. The topological polar surface area (TPSA) is 79.9 Å². The van der Waals surface area contributed by atoms with Gasteiger partial charge in [-0.05, 0) is 57.5 Å². The van der Waals surface area contributed by atoms with Gasteiger partial charge in [0.2, 0.25) is 5.91 Å². The Balaban J connectivity index is 1.56. The van der Waals surface area contributed by atoms with Crippen LogP contribution >= 0.6 is 11.3 Å². The minimum absolute atomic E-state index is 0.0965. The van der Waals surface area contributed by atoms with Gasteiger partial charge in [-0.3, -0.25) is 9.78 Å². The van der Waals surface area contributed by atoms with Crippen molar-refractivity contribution in [3.8, 4) is 0 Å². The average molecular weight is 399 g/mol. The lowest BCUT2D eigenvalue weighted by atomic mass is 10.1. The lowest BCUT2D eigenvalue weighted by Crippen LogP contribution is -2.26. The summed E-state index contributed by atoms with van der Waals surface area (Å²) in [5.41, 5.74) is 3.45. The summed E-state index contributed by atoms with van der Waals surface area (Å²) < 4.78 is 5.91. The molecule has 6 nitrogen and oxygen atoms in total. The van der Waals surface area contributed by atoms with Gasteiger partial charge in [0.25, 0.3) is 0 Å². The second-order valence-electron chi connectivity index (χ2n) is 7.48. The Morgan fingerprint density at radius 3 is 2.64 bits per heavy atom. The number of pyridine rings is 1. The summed E-state index contributed by atoms with van der Waals surface area (Å²) in [5, 5.41) is 5.40. The van der Waals surface area contributed by atoms with E-state index < -0.39 is 5.60 Å². The zero-order valence-corrected chi connectivity index (χ0v) is 17.5. The quantitative estimate of drug-likeness (QED) is 0.593. The second-order valence-corrected chi connectivity index (χ2v) is 8.34. The zero-order valence-electron chi connectivity index (χ0n) is 16.7. The number of aromatic nitrogens is 3. The minimum atomic E-state index is -0.491. The van der Waals surface area contributed by atoms with Crippen molar-refractivity contribution in [3.05, 3.63) is 64.7 Å². The van der Waals surface area contributed by atoms with E-state index in [1.54, 1.807) is 12.4 Å². The number of carbonyl (C=O) groups excluding carboxylic acids is 1. The summed E-state index contributed by atoms with van der Waals surface area (Å²) in [4.78, 5) is 24.2. The molecule has 0 saturated carbocycles. The summed E-state index contributed by atoms with van der Waals surface area (Å²) in [6.45, 7) is 7.96. The maximum atomic E-state index is 12.4. The first-order valence-electron chi connectivity index (χ1n) is 9.31. The zero-order chi connectivity index (χ0) is 20.1. The van der Waals surface area contributed by atoms with Crippen molar-refractivity contribution >= 4 is 22.4 Å². The molecule has 7 heteroatoms. The van der Waals surface area contributed by atoms with E-state index in [1.807, 2.05) is 57.3 Å². The number of ether oxygens (including phenoxy) is 1. The van der Waals surface area contributed by atoms with Crippen molar-refractivity contribution in [3.63, 3.8) is 0 Å². The Kier molecular flexibility index (Phi) is 6.26. The highest BCUT2D eigenvalue weighted by atomic mass is 32.1. The number of rotatable bonds is 8. The number of amides is 1. The fraction of sp³-hybridized carbons (Fsp3) is 0.381. The van der Waals surface area contributed by atoms with Gasteiger partial charge in [0, 0.05) is 35.6 Å². The van der Waals surface area contributed by atoms with E-state index in [9.17, 15) is 4.79 Å². The standard InChI is InChI=1S/C21H26N4O2S/c1-14(2)27-21(3,4)18-13-28-20(24-18)25-19(26)12-17-6-5-16(23-17)11-15-7-9-22-10-8-15/h5-10,13-14,23H,11-12H2,1-4H3,(H,24,25,26). The molecule has 0 aliphatic heterocycles. The Morgan fingerprint density at radius 1 is 1.21 bits per heavy atom. The molecule has 0 fully saturated rings. The molecule has 0 aromatic carbocycles. The second kappa shape index (κ2) is 8.67. The molecular weight excluding hydrogens is 372 g/mol. The molecule has 28 heavy (non-hydrogen) atoms. The number of anilines is 1. The number of thiazole rings is 1. The third-order valence-corrected chi connectivity index (χ3v) is 4.96. The molecular formula is C21H26N4O2S. The molecule has 3 rings (SSSR count). The van der Waals surface area contributed by atoms with E-state index >= 15 is 0 Å². The molecule has 0 unspecified atom stereocenters. The Labute approximate surface area is 169 Å². The third kappa shape index (κ3) is 5.50. The number of hydrogen-bond acceptors (Lipinski definition) is 5. The van der Waals surface area contributed by atoms with Crippen LogP contribution in [-0.2, 0) is 28.0 Å². The van der Waals surface area contributed by atoms with Crippen LogP contribution in [0.15, 0.2) is 42.0 Å². The van der Waals surface area contributed by atoms with Crippen molar-refractivity contribution in [2.45, 2.75) is 52.2 Å². The van der Waals surface area contributed by atoms with Gasteiger partial charge in [-0.2, -0.15) is 0 Å². The van der Waals surface area contributed by atoms with E-state index in [0.29, 0.717) is 5.13 Å². The van der Waals surface area contributed by atoms with Gasteiger partial charge in [-0.25, -0.2) is 4.98 Å². The van der Waals surface area contributed by atoms with Gasteiger partial charge in [-0.15, -0.1) is 11.3 Å². The van der Waals surface area contributed by atoms with Crippen LogP contribution in [0.4, 0.5) is 5.13 Å². The number of carbonyl (C=O) groups is 1. The van der Waals surface area contributed by atoms with Crippen LogP contribution < -0.4 is 5.32 Å². The van der Waals surface area contributed by atoms with E-state index in [1.165, 1.54) is 16.9 Å². The molecule has 2 N–H and O–H groups in total. The number of aromatic amines is 1. The fourth-order valence-corrected chi connectivity index (χ4v) is 3.89. The third-order valence-electron chi connectivity index (χ3n) is 4.20. The largest absolute Gasteiger partial charge is 0.367 e. The monoisotopic (exact) mass is 398 g/mol. The Bertz CT molecular complexity index is 915. The van der Waals surface area contributed by atoms with Gasteiger partial charge in [0.05, 0.1) is 18.2 Å². The lowest BCUT2D eigenvalue weighted by molar-refractivity contribution is -0.115. The van der Waals surface area contributed by atoms with Crippen LogP contribution in [0.2, 0.25) is 0 Å². The van der Waals surface area contributed by atoms with Crippen molar-refractivity contribution in [2.24, 2.45) is 0 Å². The maximum Gasteiger partial charge on any atom is 0.232 e. The van der Waals surface area contributed by atoms with Crippen LogP contribution in [0, 0.1) is 0 Å². The van der Waals surface area contributed by atoms with Crippen molar-refractivity contribution in [2.75, 3.05) is 5.32 Å². The van der Waals surface area contributed by atoms with Gasteiger partial charge in [-0.1, -0.05) is 0 Å². The summed E-state index contributed by atoms with van der Waals surface area (Å²) in [7, 11) is 0. The van der Waals surface area contributed by atoms with Crippen molar-refractivity contribution in [1.82, 2.24) is 15.0 Å². The number of H-pyrrole nitrogens is 1. The van der Waals surface area contributed by atoms with Gasteiger partial charge in [0.15, 0.2) is 5.13 Å². The molecule has 0 saturated heterocycles. The Morgan fingerprint density at radius 2 is 1.93 bits per heavy atom. The Hall–Kier alpha value is -2.51. The van der Waals surface area contributed by atoms with E-state index in [4.69, 9.17) is 4.74 Å². The van der Waals surface area contributed by atoms with E-state index in [0.717, 1.165) is 23.5 Å². The minimum Gasteiger partial charge on any atom is -0.367 e. The predicted molar refractivity (Wildman–Crippen MR) is 112 cm³/mol. The fourth-order valence-electron chi connectivity index (χ4n) is 3.01. The van der Waals surface area contributed by atoms with Gasteiger partial charge in [0.1, 0.15) is 5.60 Å². The molecule has 0 atom stereocenters. The average Bonchev–Trinajstić information content (AvgIpc) is 3.25.